The second-order valence-electron chi connectivity index (χ2n) is 3.26. The molecule has 1 aliphatic heterocycles. The van der Waals surface area contributed by atoms with E-state index in [4.69, 9.17) is 9.47 Å². The predicted molar refractivity (Wildman–Crippen MR) is 58.6 cm³/mol. The summed E-state index contributed by atoms with van der Waals surface area (Å²) in [7, 11) is 0. The lowest BCUT2D eigenvalue weighted by Gasteiger charge is -1.97. The minimum absolute atomic E-state index is 0.114. The third-order valence-corrected chi connectivity index (χ3v) is 2.12. The Morgan fingerprint density at radius 1 is 1.50 bits per heavy atom. The molecular weight excluding hydrogens is 208 g/mol. The highest BCUT2D eigenvalue weighted by Gasteiger charge is 2.12. The minimum Gasteiger partial charge on any atom is -0.454 e. The molecule has 5 nitrogen and oxygen atoms in total. The van der Waals surface area contributed by atoms with Crippen LogP contribution in [0.5, 0.6) is 11.5 Å². The molecule has 1 aromatic carbocycles. The van der Waals surface area contributed by atoms with Gasteiger partial charge >= 0.3 is 0 Å². The van der Waals surface area contributed by atoms with E-state index >= 15 is 0 Å². The number of carbonyl (C=O) groups excluding carboxylic acids is 1. The zero-order chi connectivity index (χ0) is 11.4. The van der Waals surface area contributed by atoms with Crippen LogP contribution in [-0.2, 0) is 4.79 Å². The molecule has 84 valence electrons. The molecule has 16 heavy (non-hydrogen) atoms. The summed E-state index contributed by atoms with van der Waals surface area (Å²) in [5.41, 5.74) is 3.25. The van der Waals surface area contributed by atoms with Crippen LogP contribution in [0.1, 0.15) is 18.9 Å². The highest BCUT2D eigenvalue weighted by molar-refractivity contribution is 5.83. The lowest BCUT2D eigenvalue weighted by molar-refractivity contribution is -0.120. The summed E-state index contributed by atoms with van der Waals surface area (Å²) >= 11 is 0. The molecule has 0 spiro atoms. The Kier molecular flexibility index (Phi) is 3.05. The molecule has 0 fully saturated rings. The number of hydrogen-bond donors (Lipinski definition) is 1. The van der Waals surface area contributed by atoms with Crippen molar-refractivity contribution in [2.24, 2.45) is 5.10 Å². The van der Waals surface area contributed by atoms with Gasteiger partial charge in [0.15, 0.2) is 11.5 Å². The van der Waals surface area contributed by atoms with Crippen LogP contribution in [0.25, 0.3) is 0 Å². The number of benzene rings is 1. The van der Waals surface area contributed by atoms with Crippen LogP contribution in [0.3, 0.4) is 0 Å². The molecule has 1 heterocycles. The Bertz CT molecular complexity index is 429. The van der Waals surface area contributed by atoms with Gasteiger partial charge in [0.25, 0.3) is 0 Å². The number of nitrogens with zero attached hydrogens (tertiary/aromatic N) is 1. The molecule has 0 unspecified atom stereocenters. The number of ether oxygens (including phenoxy) is 2. The third kappa shape index (κ3) is 2.31. The Balaban J connectivity index is 2.02. The fourth-order valence-electron chi connectivity index (χ4n) is 1.25. The van der Waals surface area contributed by atoms with Crippen LogP contribution >= 0.6 is 0 Å². The molecule has 5 heteroatoms. The summed E-state index contributed by atoms with van der Waals surface area (Å²) in [6.07, 6.45) is 1.98. The number of hydrazone groups is 1. The first-order valence-corrected chi connectivity index (χ1v) is 5.01. The molecule has 0 saturated heterocycles. The number of nitrogens with one attached hydrogen (secondary N) is 1. The monoisotopic (exact) mass is 220 g/mol. The van der Waals surface area contributed by atoms with Crippen molar-refractivity contribution in [2.45, 2.75) is 13.3 Å². The summed E-state index contributed by atoms with van der Waals surface area (Å²) in [6, 6.07) is 5.46. The second kappa shape index (κ2) is 4.65. The zero-order valence-corrected chi connectivity index (χ0v) is 8.90. The van der Waals surface area contributed by atoms with Gasteiger partial charge in [-0.1, -0.05) is 6.92 Å². The van der Waals surface area contributed by atoms with Gasteiger partial charge in [0.1, 0.15) is 0 Å². The van der Waals surface area contributed by atoms with Crippen LogP contribution in [0.15, 0.2) is 23.3 Å². The zero-order valence-electron chi connectivity index (χ0n) is 8.90. The van der Waals surface area contributed by atoms with E-state index in [0.29, 0.717) is 12.2 Å². The molecule has 1 N–H and O–H groups in total. The first kappa shape index (κ1) is 10.5. The molecule has 1 amide bonds. The standard InChI is InChI=1S/C11H12N2O3/c1-2-11(14)13-12-6-8-3-4-9-10(5-8)16-7-15-9/h3-6H,2,7H2,1H3,(H,13,14)/b12-6-. The second-order valence-corrected chi connectivity index (χ2v) is 3.26. The van der Waals surface area contributed by atoms with E-state index in [-0.39, 0.29) is 12.7 Å². The molecular formula is C11H12N2O3. The van der Waals surface area contributed by atoms with E-state index in [1.807, 2.05) is 18.2 Å². The van der Waals surface area contributed by atoms with E-state index in [1.54, 1.807) is 13.1 Å². The molecule has 0 bridgehead atoms. The Morgan fingerprint density at radius 2 is 2.31 bits per heavy atom. The fourth-order valence-corrected chi connectivity index (χ4v) is 1.25. The molecule has 0 aliphatic carbocycles. The van der Waals surface area contributed by atoms with Crippen LogP contribution in [0.4, 0.5) is 0 Å². The van der Waals surface area contributed by atoms with E-state index < -0.39 is 0 Å². The number of rotatable bonds is 3. The average molecular weight is 220 g/mol. The van der Waals surface area contributed by atoms with Crippen LogP contribution < -0.4 is 14.9 Å². The van der Waals surface area contributed by atoms with Crippen molar-refractivity contribution in [1.82, 2.24) is 5.43 Å². The van der Waals surface area contributed by atoms with Gasteiger partial charge in [-0.15, -0.1) is 0 Å². The van der Waals surface area contributed by atoms with Crippen LogP contribution in [0, 0.1) is 0 Å². The lowest BCUT2D eigenvalue weighted by Crippen LogP contribution is -2.15. The van der Waals surface area contributed by atoms with Crippen molar-refractivity contribution in [2.75, 3.05) is 6.79 Å². The summed E-state index contributed by atoms with van der Waals surface area (Å²) in [5.74, 6) is 1.32. The number of hydrogen-bond acceptors (Lipinski definition) is 4. The van der Waals surface area contributed by atoms with Gasteiger partial charge in [0.2, 0.25) is 12.7 Å². The molecule has 1 aliphatic rings. The van der Waals surface area contributed by atoms with Gasteiger partial charge in [-0.2, -0.15) is 5.10 Å². The molecule has 0 saturated carbocycles. The van der Waals surface area contributed by atoms with Crippen molar-refractivity contribution >= 4 is 12.1 Å². The first-order chi connectivity index (χ1) is 7.79. The van der Waals surface area contributed by atoms with Crippen molar-refractivity contribution in [3.63, 3.8) is 0 Å². The van der Waals surface area contributed by atoms with Gasteiger partial charge in [-0.25, -0.2) is 5.43 Å². The Labute approximate surface area is 93.1 Å². The Hall–Kier alpha value is -2.04. The van der Waals surface area contributed by atoms with Crippen LogP contribution in [-0.4, -0.2) is 18.9 Å². The number of carbonyl (C=O) groups is 1. The lowest BCUT2D eigenvalue weighted by atomic mass is 10.2. The van der Waals surface area contributed by atoms with Crippen LogP contribution in [0.2, 0.25) is 0 Å². The van der Waals surface area contributed by atoms with Gasteiger partial charge in [-0.3, -0.25) is 4.79 Å². The number of amides is 1. The number of fused-ring (bicyclic) bond motifs is 1. The largest absolute Gasteiger partial charge is 0.454 e. The van der Waals surface area contributed by atoms with Gasteiger partial charge in [0.05, 0.1) is 6.21 Å². The quantitative estimate of drug-likeness (QED) is 0.616. The topological polar surface area (TPSA) is 59.9 Å². The highest BCUT2D eigenvalue weighted by atomic mass is 16.7. The van der Waals surface area contributed by atoms with E-state index in [9.17, 15) is 4.79 Å². The normalized spacial score (nSPS) is 13.1. The maximum Gasteiger partial charge on any atom is 0.239 e. The Morgan fingerprint density at radius 3 is 3.12 bits per heavy atom. The van der Waals surface area contributed by atoms with Crippen molar-refractivity contribution in [3.8, 4) is 11.5 Å². The van der Waals surface area contributed by atoms with Crippen molar-refractivity contribution < 1.29 is 14.3 Å². The van der Waals surface area contributed by atoms with Gasteiger partial charge < -0.3 is 9.47 Å². The predicted octanol–water partition coefficient (Wildman–Crippen LogP) is 1.28. The van der Waals surface area contributed by atoms with Gasteiger partial charge in [0, 0.05) is 6.42 Å². The minimum atomic E-state index is -0.114. The maximum absolute atomic E-state index is 10.9. The van der Waals surface area contributed by atoms with E-state index in [1.165, 1.54) is 0 Å². The van der Waals surface area contributed by atoms with Crippen molar-refractivity contribution in [3.05, 3.63) is 23.8 Å². The molecule has 1 aromatic rings. The highest BCUT2D eigenvalue weighted by Crippen LogP contribution is 2.31. The fraction of sp³-hybridized carbons (Fsp3) is 0.273. The summed E-state index contributed by atoms with van der Waals surface area (Å²) < 4.78 is 10.4. The molecule has 0 aromatic heterocycles. The van der Waals surface area contributed by atoms with Crippen molar-refractivity contribution in [1.29, 1.82) is 0 Å². The molecule has 0 atom stereocenters. The summed E-state index contributed by atoms with van der Waals surface area (Å²) in [6.45, 7) is 2.02. The average Bonchev–Trinajstić information content (AvgIpc) is 2.76. The maximum atomic E-state index is 10.9. The SMILES string of the molecule is CCC(=O)N/N=C\c1ccc2c(c1)OCO2. The van der Waals surface area contributed by atoms with Gasteiger partial charge in [-0.05, 0) is 23.8 Å². The third-order valence-electron chi connectivity index (χ3n) is 2.12. The van der Waals surface area contributed by atoms with E-state index in [2.05, 4.69) is 10.5 Å². The smallest absolute Gasteiger partial charge is 0.239 e. The summed E-state index contributed by atoms with van der Waals surface area (Å²) in [5, 5.41) is 3.82. The van der Waals surface area contributed by atoms with E-state index in [0.717, 1.165) is 11.3 Å². The molecule has 0 radical (unpaired) electrons. The molecule has 2 rings (SSSR count). The first-order valence-electron chi connectivity index (χ1n) is 5.01. The summed E-state index contributed by atoms with van der Waals surface area (Å²) in [4.78, 5) is 10.9.